The molecule has 0 saturated carbocycles. The second-order valence-corrected chi connectivity index (χ2v) is 6.25. The molecule has 1 unspecified atom stereocenters. The molecular formula is C17H22N2S. The second-order valence-electron chi connectivity index (χ2n) is 5.19. The largest absolute Gasteiger partial charge is 0.327 e. The third-order valence-corrected chi connectivity index (χ3v) is 4.60. The van der Waals surface area contributed by atoms with Crippen molar-refractivity contribution in [1.29, 1.82) is 0 Å². The normalized spacial score (nSPS) is 12.4. The first-order chi connectivity index (χ1) is 9.60. The molecule has 20 heavy (non-hydrogen) atoms. The van der Waals surface area contributed by atoms with Crippen LogP contribution in [-0.2, 0) is 6.42 Å². The molecule has 0 aliphatic rings. The summed E-state index contributed by atoms with van der Waals surface area (Å²) in [5, 5.41) is 1.07. The second kappa shape index (κ2) is 6.91. The molecule has 0 spiro atoms. The molecule has 0 saturated heterocycles. The lowest BCUT2D eigenvalue weighted by atomic mass is 10.1. The van der Waals surface area contributed by atoms with Gasteiger partial charge in [-0.05, 0) is 61.6 Å². The van der Waals surface area contributed by atoms with Crippen molar-refractivity contribution in [2.75, 3.05) is 0 Å². The molecular weight excluding hydrogens is 264 g/mol. The Morgan fingerprint density at radius 3 is 2.70 bits per heavy atom. The number of hydrogen-bond donors (Lipinski definition) is 1. The molecule has 0 amide bonds. The number of aryl methyl sites for hydroxylation is 2. The molecule has 1 aromatic heterocycles. The molecule has 1 heterocycles. The fraction of sp³-hybridized carbons (Fsp3) is 0.353. The van der Waals surface area contributed by atoms with Gasteiger partial charge >= 0.3 is 0 Å². The lowest BCUT2D eigenvalue weighted by Gasteiger charge is -2.12. The summed E-state index contributed by atoms with van der Waals surface area (Å²) < 4.78 is 0. The molecule has 2 N–H and O–H groups in total. The molecule has 2 aromatic rings. The average Bonchev–Trinajstić information content (AvgIpc) is 2.45. The summed E-state index contributed by atoms with van der Waals surface area (Å²) in [4.78, 5) is 5.76. The number of rotatable bonds is 5. The Morgan fingerprint density at radius 1 is 1.20 bits per heavy atom. The van der Waals surface area contributed by atoms with Crippen LogP contribution in [0.2, 0.25) is 0 Å². The van der Waals surface area contributed by atoms with Crippen molar-refractivity contribution in [3.63, 3.8) is 0 Å². The number of hydrogen-bond acceptors (Lipinski definition) is 3. The Hall–Kier alpha value is -1.32. The van der Waals surface area contributed by atoms with Gasteiger partial charge in [-0.2, -0.15) is 0 Å². The lowest BCUT2D eigenvalue weighted by Crippen LogP contribution is -2.21. The lowest BCUT2D eigenvalue weighted by molar-refractivity contribution is 0.637. The molecule has 0 bridgehead atoms. The molecule has 1 aromatic carbocycles. The minimum atomic E-state index is 0.207. The van der Waals surface area contributed by atoms with E-state index in [1.54, 1.807) is 11.8 Å². The van der Waals surface area contributed by atoms with Crippen LogP contribution in [0.1, 0.15) is 30.0 Å². The number of aromatic nitrogens is 1. The molecule has 0 aliphatic carbocycles. The number of nitrogens with zero attached hydrogens (tertiary/aromatic N) is 1. The van der Waals surface area contributed by atoms with E-state index in [2.05, 4.69) is 50.0 Å². The van der Waals surface area contributed by atoms with Gasteiger partial charge in [0.25, 0.3) is 0 Å². The van der Waals surface area contributed by atoms with Crippen molar-refractivity contribution < 1.29 is 0 Å². The van der Waals surface area contributed by atoms with Gasteiger partial charge in [0.1, 0.15) is 5.03 Å². The maximum Gasteiger partial charge on any atom is 0.104 e. The van der Waals surface area contributed by atoms with Gasteiger partial charge < -0.3 is 5.73 Å². The quantitative estimate of drug-likeness (QED) is 0.898. The Morgan fingerprint density at radius 2 is 2.00 bits per heavy atom. The zero-order valence-corrected chi connectivity index (χ0v) is 13.2. The van der Waals surface area contributed by atoms with Gasteiger partial charge in [0.15, 0.2) is 0 Å². The van der Waals surface area contributed by atoms with E-state index >= 15 is 0 Å². The van der Waals surface area contributed by atoms with E-state index in [1.807, 2.05) is 12.3 Å². The minimum absolute atomic E-state index is 0.207. The highest BCUT2D eigenvalue weighted by Gasteiger charge is 2.09. The van der Waals surface area contributed by atoms with Crippen LogP contribution in [0.15, 0.2) is 46.5 Å². The summed E-state index contributed by atoms with van der Waals surface area (Å²) in [5.41, 5.74) is 9.96. The first-order valence-electron chi connectivity index (χ1n) is 7.04. The predicted octanol–water partition coefficient (Wildman–Crippen LogP) is 4.13. The van der Waals surface area contributed by atoms with Crippen molar-refractivity contribution in [2.45, 2.75) is 49.6 Å². The maximum atomic E-state index is 6.07. The van der Waals surface area contributed by atoms with Crippen LogP contribution in [0, 0.1) is 13.8 Å². The number of benzene rings is 1. The van der Waals surface area contributed by atoms with E-state index in [4.69, 9.17) is 5.73 Å². The van der Waals surface area contributed by atoms with Crippen molar-refractivity contribution in [2.24, 2.45) is 5.73 Å². The summed E-state index contributed by atoms with van der Waals surface area (Å²) in [7, 11) is 0. The zero-order chi connectivity index (χ0) is 14.5. The van der Waals surface area contributed by atoms with E-state index < -0.39 is 0 Å². The molecule has 1 atom stereocenters. The van der Waals surface area contributed by atoms with Crippen molar-refractivity contribution in [3.8, 4) is 0 Å². The number of pyridine rings is 1. The predicted molar refractivity (Wildman–Crippen MR) is 86.2 cm³/mol. The third kappa shape index (κ3) is 3.84. The SMILES string of the molecule is CCC(N)Cc1cccnc1Sc1ccc(C)c(C)c1. The van der Waals surface area contributed by atoms with Crippen LogP contribution in [0.3, 0.4) is 0 Å². The zero-order valence-electron chi connectivity index (χ0n) is 12.4. The third-order valence-electron chi connectivity index (χ3n) is 3.55. The smallest absolute Gasteiger partial charge is 0.104 e. The van der Waals surface area contributed by atoms with Gasteiger partial charge in [-0.1, -0.05) is 30.8 Å². The fourth-order valence-electron chi connectivity index (χ4n) is 1.99. The molecule has 0 aliphatic heterocycles. The summed E-state index contributed by atoms with van der Waals surface area (Å²) in [5.74, 6) is 0. The highest BCUT2D eigenvalue weighted by Crippen LogP contribution is 2.30. The van der Waals surface area contributed by atoms with Gasteiger partial charge in [-0.3, -0.25) is 0 Å². The van der Waals surface area contributed by atoms with Crippen LogP contribution in [0.25, 0.3) is 0 Å². The summed E-state index contributed by atoms with van der Waals surface area (Å²) in [6.07, 6.45) is 3.73. The topological polar surface area (TPSA) is 38.9 Å². The fourth-order valence-corrected chi connectivity index (χ4v) is 2.98. The minimum Gasteiger partial charge on any atom is -0.327 e. The van der Waals surface area contributed by atoms with E-state index in [9.17, 15) is 0 Å². The van der Waals surface area contributed by atoms with E-state index in [0.717, 1.165) is 17.9 Å². The molecule has 106 valence electrons. The molecule has 0 fully saturated rings. The van der Waals surface area contributed by atoms with E-state index in [0.29, 0.717) is 0 Å². The Balaban J connectivity index is 2.22. The Labute approximate surface area is 125 Å². The van der Waals surface area contributed by atoms with Gasteiger partial charge in [0, 0.05) is 17.1 Å². The Kier molecular flexibility index (Phi) is 5.21. The molecule has 2 rings (SSSR count). The van der Waals surface area contributed by atoms with Gasteiger partial charge in [0.2, 0.25) is 0 Å². The van der Waals surface area contributed by atoms with Crippen LogP contribution < -0.4 is 5.73 Å². The molecule has 3 heteroatoms. The van der Waals surface area contributed by atoms with Crippen molar-refractivity contribution >= 4 is 11.8 Å². The van der Waals surface area contributed by atoms with Gasteiger partial charge in [0.05, 0.1) is 0 Å². The summed E-state index contributed by atoms with van der Waals surface area (Å²) in [6.45, 7) is 6.40. The van der Waals surface area contributed by atoms with Gasteiger partial charge in [-0.15, -0.1) is 0 Å². The monoisotopic (exact) mass is 286 g/mol. The number of nitrogens with two attached hydrogens (primary N) is 1. The van der Waals surface area contributed by atoms with E-state index in [1.165, 1.54) is 21.6 Å². The average molecular weight is 286 g/mol. The van der Waals surface area contributed by atoms with Crippen molar-refractivity contribution in [3.05, 3.63) is 53.2 Å². The van der Waals surface area contributed by atoms with Crippen LogP contribution in [0.5, 0.6) is 0 Å². The van der Waals surface area contributed by atoms with Crippen molar-refractivity contribution in [1.82, 2.24) is 4.98 Å². The standard InChI is InChI=1S/C17H22N2S/c1-4-15(18)11-14-6-5-9-19-17(14)20-16-8-7-12(2)13(3)10-16/h5-10,15H,4,11,18H2,1-3H3. The molecule has 2 nitrogen and oxygen atoms in total. The summed E-state index contributed by atoms with van der Waals surface area (Å²) >= 11 is 1.72. The summed E-state index contributed by atoms with van der Waals surface area (Å²) in [6, 6.07) is 10.9. The van der Waals surface area contributed by atoms with E-state index in [-0.39, 0.29) is 6.04 Å². The van der Waals surface area contributed by atoms with Crippen LogP contribution >= 0.6 is 11.8 Å². The first-order valence-corrected chi connectivity index (χ1v) is 7.86. The molecule has 0 radical (unpaired) electrons. The van der Waals surface area contributed by atoms with Gasteiger partial charge in [-0.25, -0.2) is 4.98 Å². The van der Waals surface area contributed by atoms with Crippen LogP contribution in [-0.4, -0.2) is 11.0 Å². The Bertz CT molecular complexity index is 581. The highest BCUT2D eigenvalue weighted by molar-refractivity contribution is 7.99. The van der Waals surface area contributed by atoms with Crippen LogP contribution in [0.4, 0.5) is 0 Å². The highest BCUT2D eigenvalue weighted by atomic mass is 32.2. The first kappa shape index (κ1) is 15.1. The maximum absolute atomic E-state index is 6.07.